The highest BCUT2D eigenvalue weighted by atomic mass is 16.2. The van der Waals surface area contributed by atoms with Crippen LogP contribution in [0, 0.1) is 13.8 Å². The average molecular weight is 369 g/mol. The zero-order valence-corrected chi connectivity index (χ0v) is 15.6. The first-order chi connectivity index (χ1) is 13.0. The minimum Gasteiger partial charge on any atom is -0.352 e. The van der Waals surface area contributed by atoms with Crippen molar-refractivity contribution in [3.8, 4) is 5.82 Å². The SMILES string of the molecule is Cc1cc(C)n(-c2cncc(N3CCN(C(=O)C(=O)NC4CC4)CC3)n2)n1. The van der Waals surface area contributed by atoms with Crippen LogP contribution in [0.5, 0.6) is 0 Å². The summed E-state index contributed by atoms with van der Waals surface area (Å²) in [5.41, 5.74) is 1.92. The molecule has 9 heteroatoms. The molecule has 2 aromatic heterocycles. The van der Waals surface area contributed by atoms with Crippen molar-refractivity contribution < 1.29 is 9.59 Å². The molecule has 0 aromatic carbocycles. The molecule has 0 spiro atoms. The van der Waals surface area contributed by atoms with Gasteiger partial charge in [-0.2, -0.15) is 5.10 Å². The van der Waals surface area contributed by atoms with Crippen LogP contribution in [0.25, 0.3) is 5.82 Å². The molecule has 1 aliphatic heterocycles. The van der Waals surface area contributed by atoms with Crippen LogP contribution in [0.2, 0.25) is 0 Å². The third-order valence-corrected chi connectivity index (χ3v) is 4.83. The number of amides is 2. The standard InChI is InChI=1S/C18H23N7O2/c1-12-9-13(2)25(22-12)16-11-19-10-15(21-16)23-5-7-24(8-6-23)18(27)17(26)20-14-3-4-14/h9-11,14H,3-8H2,1-2H3,(H,20,26). The fourth-order valence-electron chi connectivity index (χ4n) is 3.22. The van der Waals surface area contributed by atoms with Crippen LogP contribution in [-0.4, -0.2) is 68.7 Å². The molecule has 9 nitrogen and oxygen atoms in total. The van der Waals surface area contributed by atoms with Gasteiger partial charge in [0, 0.05) is 37.9 Å². The van der Waals surface area contributed by atoms with E-state index < -0.39 is 11.8 Å². The van der Waals surface area contributed by atoms with Gasteiger partial charge in [0.1, 0.15) is 5.82 Å². The lowest BCUT2D eigenvalue weighted by molar-refractivity contribution is -0.146. The molecule has 1 aliphatic carbocycles. The molecule has 0 atom stereocenters. The van der Waals surface area contributed by atoms with Gasteiger partial charge in [-0.1, -0.05) is 0 Å². The van der Waals surface area contributed by atoms with Crippen LogP contribution >= 0.6 is 0 Å². The third-order valence-electron chi connectivity index (χ3n) is 4.83. The van der Waals surface area contributed by atoms with E-state index in [1.807, 2.05) is 19.9 Å². The second kappa shape index (κ2) is 6.98. The molecule has 0 bridgehead atoms. The predicted molar refractivity (Wildman–Crippen MR) is 98.6 cm³/mol. The lowest BCUT2D eigenvalue weighted by atomic mass is 10.3. The van der Waals surface area contributed by atoms with Gasteiger partial charge in [0.05, 0.1) is 18.1 Å². The first-order valence-corrected chi connectivity index (χ1v) is 9.21. The molecular formula is C18H23N7O2. The summed E-state index contributed by atoms with van der Waals surface area (Å²) in [7, 11) is 0. The summed E-state index contributed by atoms with van der Waals surface area (Å²) < 4.78 is 1.77. The Morgan fingerprint density at radius 2 is 1.78 bits per heavy atom. The molecule has 2 fully saturated rings. The van der Waals surface area contributed by atoms with E-state index in [-0.39, 0.29) is 6.04 Å². The van der Waals surface area contributed by atoms with E-state index in [4.69, 9.17) is 0 Å². The summed E-state index contributed by atoms with van der Waals surface area (Å²) in [5.74, 6) is 0.483. The van der Waals surface area contributed by atoms with Crippen molar-refractivity contribution in [2.45, 2.75) is 32.7 Å². The number of aryl methyl sites for hydroxylation is 2. The Hall–Kier alpha value is -2.97. The summed E-state index contributed by atoms with van der Waals surface area (Å²) >= 11 is 0. The Labute approximate surface area is 157 Å². The highest BCUT2D eigenvalue weighted by molar-refractivity contribution is 6.35. The quantitative estimate of drug-likeness (QED) is 0.777. The van der Waals surface area contributed by atoms with E-state index in [9.17, 15) is 9.59 Å². The normalized spacial score (nSPS) is 17.1. The van der Waals surface area contributed by atoms with E-state index in [1.54, 1.807) is 22.0 Å². The zero-order valence-electron chi connectivity index (χ0n) is 15.6. The summed E-state index contributed by atoms with van der Waals surface area (Å²) in [4.78, 5) is 36.8. The molecule has 1 N–H and O–H groups in total. The van der Waals surface area contributed by atoms with Gasteiger partial charge in [0.25, 0.3) is 0 Å². The molecule has 0 unspecified atom stereocenters. The van der Waals surface area contributed by atoms with E-state index in [0.29, 0.717) is 32.0 Å². The second-order valence-corrected chi connectivity index (χ2v) is 7.10. The van der Waals surface area contributed by atoms with Gasteiger partial charge in [-0.05, 0) is 32.8 Å². The van der Waals surface area contributed by atoms with E-state index in [2.05, 4.69) is 25.3 Å². The van der Waals surface area contributed by atoms with Crippen molar-refractivity contribution in [1.82, 2.24) is 30.0 Å². The number of nitrogens with one attached hydrogen (secondary N) is 1. The molecule has 1 saturated heterocycles. The van der Waals surface area contributed by atoms with Gasteiger partial charge in [0.15, 0.2) is 5.82 Å². The van der Waals surface area contributed by atoms with Crippen LogP contribution < -0.4 is 10.2 Å². The fraction of sp³-hybridized carbons (Fsp3) is 0.500. The fourth-order valence-corrected chi connectivity index (χ4v) is 3.22. The Morgan fingerprint density at radius 1 is 1.07 bits per heavy atom. The molecule has 2 aromatic rings. The Balaban J connectivity index is 1.41. The van der Waals surface area contributed by atoms with Gasteiger partial charge in [-0.15, -0.1) is 0 Å². The smallest absolute Gasteiger partial charge is 0.312 e. The Bertz CT molecular complexity index is 866. The first kappa shape index (κ1) is 17.4. The number of hydrogen-bond acceptors (Lipinski definition) is 6. The largest absolute Gasteiger partial charge is 0.352 e. The lowest BCUT2D eigenvalue weighted by Gasteiger charge is -2.34. The number of hydrogen-bond donors (Lipinski definition) is 1. The molecule has 2 amide bonds. The van der Waals surface area contributed by atoms with Gasteiger partial charge in [0.2, 0.25) is 0 Å². The molecule has 3 heterocycles. The van der Waals surface area contributed by atoms with Crippen LogP contribution in [0.15, 0.2) is 18.5 Å². The van der Waals surface area contributed by atoms with Crippen molar-refractivity contribution in [2.24, 2.45) is 0 Å². The predicted octanol–water partition coefficient (Wildman–Crippen LogP) is 0.206. The van der Waals surface area contributed by atoms with Crippen molar-refractivity contribution >= 4 is 17.6 Å². The maximum atomic E-state index is 12.2. The number of carbonyl (C=O) groups is 2. The second-order valence-electron chi connectivity index (χ2n) is 7.10. The maximum Gasteiger partial charge on any atom is 0.312 e. The van der Waals surface area contributed by atoms with Crippen molar-refractivity contribution in [1.29, 1.82) is 0 Å². The summed E-state index contributed by atoms with van der Waals surface area (Å²) in [5, 5.41) is 7.20. The Kier molecular flexibility index (Phi) is 4.51. The van der Waals surface area contributed by atoms with Crippen molar-refractivity contribution in [3.05, 3.63) is 29.8 Å². The van der Waals surface area contributed by atoms with E-state index >= 15 is 0 Å². The topological polar surface area (TPSA) is 96.2 Å². The minimum absolute atomic E-state index is 0.190. The summed E-state index contributed by atoms with van der Waals surface area (Å²) in [6.45, 7) is 6.11. The van der Waals surface area contributed by atoms with E-state index in [0.717, 1.165) is 30.0 Å². The number of piperazine rings is 1. The maximum absolute atomic E-state index is 12.2. The summed E-state index contributed by atoms with van der Waals surface area (Å²) in [6, 6.07) is 2.18. The van der Waals surface area contributed by atoms with Crippen LogP contribution in [0.4, 0.5) is 5.82 Å². The summed E-state index contributed by atoms with van der Waals surface area (Å²) in [6.07, 6.45) is 5.34. The number of anilines is 1. The number of carbonyl (C=O) groups excluding carboxylic acids is 2. The molecule has 4 rings (SSSR count). The zero-order chi connectivity index (χ0) is 19.0. The average Bonchev–Trinajstić information content (AvgIpc) is 3.43. The van der Waals surface area contributed by atoms with Gasteiger partial charge >= 0.3 is 11.8 Å². The van der Waals surface area contributed by atoms with Crippen molar-refractivity contribution in [3.63, 3.8) is 0 Å². The van der Waals surface area contributed by atoms with Gasteiger partial charge in [-0.3, -0.25) is 14.6 Å². The first-order valence-electron chi connectivity index (χ1n) is 9.21. The van der Waals surface area contributed by atoms with Crippen molar-refractivity contribution in [2.75, 3.05) is 31.1 Å². The van der Waals surface area contributed by atoms with Gasteiger partial charge < -0.3 is 15.1 Å². The molecule has 2 aliphatic rings. The Morgan fingerprint density at radius 3 is 2.41 bits per heavy atom. The molecule has 1 saturated carbocycles. The van der Waals surface area contributed by atoms with Crippen LogP contribution in [0.3, 0.4) is 0 Å². The van der Waals surface area contributed by atoms with Crippen LogP contribution in [0.1, 0.15) is 24.2 Å². The molecular weight excluding hydrogens is 346 g/mol. The molecule has 27 heavy (non-hydrogen) atoms. The van der Waals surface area contributed by atoms with Gasteiger partial charge in [-0.25, -0.2) is 9.67 Å². The van der Waals surface area contributed by atoms with Crippen LogP contribution in [-0.2, 0) is 9.59 Å². The monoisotopic (exact) mass is 369 g/mol. The third kappa shape index (κ3) is 3.76. The highest BCUT2D eigenvalue weighted by Crippen LogP contribution is 2.19. The number of rotatable bonds is 3. The number of aromatic nitrogens is 4. The van der Waals surface area contributed by atoms with E-state index in [1.165, 1.54) is 0 Å². The lowest BCUT2D eigenvalue weighted by Crippen LogP contribution is -2.53. The molecule has 142 valence electrons. The minimum atomic E-state index is -0.489. The number of nitrogens with zero attached hydrogens (tertiary/aromatic N) is 6. The highest BCUT2D eigenvalue weighted by Gasteiger charge is 2.31. The molecule has 0 radical (unpaired) electrons.